The monoisotopic (exact) mass is 447 g/mol. The van der Waals surface area contributed by atoms with Crippen molar-refractivity contribution in [3.05, 3.63) is 89.0 Å². The number of carbonyl (C=O) groups excluding carboxylic acids is 1. The van der Waals surface area contributed by atoms with Gasteiger partial charge >= 0.3 is 5.97 Å². The van der Waals surface area contributed by atoms with Crippen LogP contribution in [0.15, 0.2) is 65.6 Å². The van der Waals surface area contributed by atoms with Crippen molar-refractivity contribution in [1.82, 2.24) is 0 Å². The summed E-state index contributed by atoms with van der Waals surface area (Å²) >= 11 is 0. The van der Waals surface area contributed by atoms with Crippen LogP contribution in [0.3, 0.4) is 0 Å². The predicted octanol–water partition coefficient (Wildman–Crippen LogP) is 4.44. The van der Waals surface area contributed by atoms with E-state index in [2.05, 4.69) is 9.46 Å². The average molecular weight is 447 g/mol. The highest BCUT2D eigenvalue weighted by Crippen LogP contribution is 2.23. The molecule has 0 amide bonds. The van der Waals surface area contributed by atoms with Crippen LogP contribution < -0.4 is 9.46 Å². The van der Waals surface area contributed by atoms with Gasteiger partial charge in [-0.2, -0.15) is 0 Å². The Morgan fingerprint density at radius 2 is 1.74 bits per heavy atom. The molecule has 6 nitrogen and oxygen atoms in total. The molecule has 0 fully saturated rings. The third kappa shape index (κ3) is 5.18. The molecular weight excluding hydrogens is 428 g/mol. The van der Waals surface area contributed by atoms with Gasteiger partial charge < -0.3 is 9.47 Å². The first-order valence-electron chi connectivity index (χ1n) is 9.09. The Morgan fingerprint density at radius 1 is 1.03 bits per heavy atom. The van der Waals surface area contributed by atoms with Crippen molar-refractivity contribution < 1.29 is 31.5 Å². The number of esters is 1. The van der Waals surface area contributed by atoms with E-state index in [4.69, 9.17) is 4.74 Å². The van der Waals surface area contributed by atoms with E-state index in [1.165, 1.54) is 61.7 Å². The van der Waals surface area contributed by atoms with Crippen LogP contribution in [-0.4, -0.2) is 21.5 Å². The summed E-state index contributed by atoms with van der Waals surface area (Å²) in [5, 5.41) is 0. The molecule has 31 heavy (non-hydrogen) atoms. The molecule has 1 N–H and O–H groups in total. The normalized spacial score (nSPS) is 11.1. The van der Waals surface area contributed by atoms with Crippen LogP contribution in [-0.2, 0) is 21.4 Å². The maximum absolute atomic E-state index is 13.7. The maximum atomic E-state index is 13.7. The number of benzene rings is 3. The molecule has 3 aromatic carbocycles. The van der Waals surface area contributed by atoms with E-state index in [1.54, 1.807) is 6.92 Å². The van der Waals surface area contributed by atoms with Gasteiger partial charge in [-0.05, 0) is 55.0 Å². The molecule has 0 aromatic heterocycles. The maximum Gasteiger partial charge on any atom is 0.338 e. The molecule has 9 heteroatoms. The molecule has 0 saturated carbocycles. The van der Waals surface area contributed by atoms with Crippen LogP contribution in [0.2, 0.25) is 0 Å². The van der Waals surface area contributed by atoms with Gasteiger partial charge in [0.05, 0.1) is 17.6 Å². The molecule has 162 valence electrons. The van der Waals surface area contributed by atoms with Gasteiger partial charge in [-0.3, -0.25) is 4.72 Å². The second kappa shape index (κ2) is 9.13. The number of rotatable bonds is 7. The molecule has 3 aromatic rings. The smallest absolute Gasteiger partial charge is 0.338 e. The number of anilines is 1. The molecule has 0 aliphatic rings. The Bertz CT molecular complexity index is 1210. The fourth-order valence-electron chi connectivity index (χ4n) is 2.75. The van der Waals surface area contributed by atoms with Crippen LogP contribution in [0.25, 0.3) is 0 Å². The third-order valence-electron chi connectivity index (χ3n) is 4.46. The molecule has 0 unspecified atom stereocenters. The fourth-order valence-corrected chi connectivity index (χ4v) is 3.84. The first-order valence-corrected chi connectivity index (χ1v) is 10.6. The number of hydrogen-bond donors (Lipinski definition) is 1. The topological polar surface area (TPSA) is 81.7 Å². The third-order valence-corrected chi connectivity index (χ3v) is 5.84. The summed E-state index contributed by atoms with van der Waals surface area (Å²) in [5.41, 5.74) is 1.05. The second-order valence-electron chi connectivity index (χ2n) is 6.60. The molecule has 0 radical (unpaired) electrons. The average Bonchev–Trinajstić information content (AvgIpc) is 2.75. The minimum atomic E-state index is -3.96. The van der Waals surface area contributed by atoms with Crippen molar-refractivity contribution in [2.75, 3.05) is 11.8 Å². The van der Waals surface area contributed by atoms with Crippen LogP contribution in [0.1, 0.15) is 21.5 Å². The lowest BCUT2D eigenvalue weighted by atomic mass is 10.1. The fraction of sp³-hybridized carbons (Fsp3) is 0.136. The van der Waals surface area contributed by atoms with Crippen molar-refractivity contribution in [2.24, 2.45) is 0 Å². The molecular formula is C22H19F2NO5S. The zero-order valence-electron chi connectivity index (χ0n) is 16.7. The molecule has 0 spiro atoms. The van der Waals surface area contributed by atoms with Crippen LogP contribution in [0, 0.1) is 18.6 Å². The van der Waals surface area contributed by atoms with Crippen molar-refractivity contribution in [2.45, 2.75) is 18.4 Å². The Kier molecular flexibility index (Phi) is 6.55. The number of aryl methyl sites for hydroxylation is 1. The number of carbonyl (C=O) groups is 1. The van der Waals surface area contributed by atoms with Gasteiger partial charge in [-0.15, -0.1) is 0 Å². The summed E-state index contributed by atoms with van der Waals surface area (Å²) in [6.07, 6.45) is 0. The standard InChI is InChI=1S/C22H19F2NO5S/c1-14-6-11-18(12-19(14)22(26)29-2)31(27,28)25-16-7-9-17(10-8-16)30-13-15-4-3-5-20(23)21(15)24/h3-12,25H,13H2,1-2H3. The van der Waals surface area contributed by atoms with Crippen molar-refractivity contribution in [1.29, 1.82) is 0 Å². The lowest BCUT2D eigenvalue weighted by molar-refractivity contribution is 0.0599. The van der Waals surface area contributed by atoms with E-state index < -0.39 is 27.6 Å². The first-order chi connectivity index (χ1) is 14.7. The molecule has 3 rings (SSSR count). The van der Waals surface area contributed by atoms with Crippen molar-refractivity contribution in [3.63, 3.8) is 0 Å². The molecule has 0 atom stereocenters. The van der Waals surface area contributed by atoms with Crippen molar-refractivity contribution >= 4 is 21.7 Å². The van der Waals surface area contributed by atoms with Crippen LogP contribution in [0.5, 0.6) is 5.75 Å². The van der Waals surface area contributed by atoms with Crippen LogP contribution in [0.4, 0.5) is 14.5 Å². The quantitative estimate of drug-likeness (QED) is 0.542. The summed E-state index contributed by atoms with van der Waals surface area (Å²) in [7, 11) is -2.75. The Labute approximate surface area is 178 Å². The Balaban J connectivity index is 1.71. The summed E-state index contributed by atoms with van der Waals surface area (Å²) in [4.78, 5) is 11.7. The SMILES string of the molecule is COC(=O)c1cc(S(=O)(=O)Nc2ccc(OCc3cccc(F)c3F)cc2)ccc1C. The molecule has 0 aliphatic carbocycles. The minimum Gasteiger partial charge on any atom is -0.489 e. The molecule has 0 bridgehead atoms. The highest BCUT2D eigenvalue weighted by molar-refractivity contribution is 7.92. The van der Waals surface area contributed by atoms with Crippen molar-refractivity contribution in [3.8, 4) is 5.75 Å². The van der Waals surface area contributed by atoms with E-state index in [0.29, 0.717) is 11.3 Å². The number of hydrogen-bond acceptors (Lipinski definition) is 5. The van der Waals surface area contributed by atoms with E-state index in [-0.39, 0.29) is 28.3 Å². The molecule has 0 saturated heterocycles. The lowest BCUT2D eigenvalue weighted by Crippen LogP contribution is -2.14. The Morgan fingerprint density at radius 3 is 2.42 bits per heavy atom. The van der Waals surface area contributed by atoms with Gasteiger partial charge in [0.2, 0.25) is 0 Å². The summed E-state index contributed by atoms with van der Waals surface area (Å²) in [6, 6.07) is 13.9. The first kappa shape index (κ1) is 22.2. The van der Waals surface area contributed by atoms with Gasteiger partial charge in [0.1, 0.15) is 12.4 Å². The zero-order chi connectivity index (χ0) is 22.6. The highest BCUT2D eigenvalue weighted by Gasteiger charge is 2.18. The lowest BCUT2D eigenvalue weighted by Gasteiger charge is -2.12. The number of halogens is 2. The largest absolute Gasteiger partial charge is 0.489 e. The van der Waals surface area contributed by atoms with E-state index in [1.807, 2.05) is 0 Å². The van der Waals surface area contributed by atoms with E-state index in [9.17, 15) is 22.0 Å². The predicted molar refractivity (Wildman–Crippen MR) is 110 cm³/mol. The van der Waals surface area contributed by atoms with E-state index >= 15 is 0 Å². The van der Waals surface area contributed by atoms with Gasteiger partial charge in [0.15, 0.2) is 11.6 Å². The van der Waals surface area contributed by atoms with Gasteiger partial charge in [0, 0.05) is 11.3 Å². The Hall–Kier alpha value is -3.46. The minimum absolute atomic E-state index is 0.0607. The highest BCUT2D eigenvalue weighted by atomic mass is 32.2. The number of sulfonamides is 1. The molecule has 0 aliphatic heterocycles. The number of ether oxygens (including phenoxy) is 2. The number of methoxy groups -OCH3 is 1. The van der Waals surface area contributed by atoms with Gasteiger partial charge in [-0.25, -0.2) is 22.0 Å². The van der Waals surface area contributed by atoms with Crippen LogP contribution >= 0.6 is 0 Å². The van der Waals surface area contributed by atoms with E-state index in [0.717, 1.165) is 6.07 Å². The number of nitrogens with one attached hydrogen (secondary N) is 1. The molecule has 0 heterocycles. The second-order valence-corrected chi connectivity index (χ2v) is 8.28. The van der Waals surface area contributed by atoms with Gasteiger partial charge in [0.25, 0.3) is 10.0 Å². The van der Waals surface area contributed by atoms with Gasteiger partial charge in [-0.1, -0.05) is 18.2 Å². The zero-order valence-corrected chi connectivity index (χ0v) is 17.5. The summed E-state index contributed by atoms with van der Waals surface area (Å²) in [5.74, 6) is -2.23. The summed E-state index contributed by atoms with van der Waals surface area (Å²) in [6.45, 7) is 1.48. The summed E-state index contributed by atoms with van der Waals surface area (Å²) < 4.78 is 64.8.